The van der Waals surface area contributed by atoms with Crippen LogP contribution in [-0.4, -0.2) is 11.4 Å². The predicted octanol–water partition coefficient (Wildman–Crippen LogP) is 2.97. The molecule has 0 saturated heterocycles. The average Bonchev–Trinajstić information content (AvgIpc) is 3.02. The highest BCUT2D eigenvalue weighted by atomic mass is 16.7. The Bertz CT molecular complexity index is 898. The average molecular weight is 293 g/mol. The molecule has 0 spiro atoms. The van der Waals surface area contributed by atoms with Gasteiger partial charge in [-0.25, -0.2) is 0 Å². The van der Waals surface area contributed by atoms with Crippen molar-refractivity contribution in [2.24, 2.45) is 0 Å². The van der Waals surface area contributed by atoms with Crippen LogP contribution in [0.3, 0.4) is 0 Å². The van der Waals surface area contributed by atoms with E-state index in [0.717, 1.165) is 34.3 Å². The number of nitrogens with zero attached hydrogens (tertiary/aromatic N) is 1. The van der Waals surface area contributed by atoms with Crippen LogP contribution in [0.5, 0.6) is 11.5 Å². The summed E-state index contributed by atoms with van der Waals surface area (Å²) in [7, 11) is 0. The molecule has 0 radical (unpaired) electrons. The van der Waals surface area contributed by atoms with Crippen LogP contribution in [0.25, 0.3) is 10.8 Å². The molecule has 4 rings (SSSR count). The summed E-state index contributed by atoms with van der Waals surface area (Å²) in [5.41, 5.74) is 1.18. The number of pyridine rings is 1. The topological polar surface area (TPSA) is 40.5 Å². The predicted molar refractivity (Wildman–Crippen MR) is 84.5 cm³/mol. The summed E-state index contributed by atoms with van der Waals surface area (Å²) >= 11 is 0. The second-order valence-electron chi connectivity index (χ2n) is 5.34. The molecule has 0 amide bonds. The zero-order valence-corrected chi connectivity index (χ0v) is 12.0. The Morgan fingerprint density at radius 1 is 1.00 bits per heavy atom. The second-order valence-corrected chi connectivity index (χ2v) is 5.34. The van der Waals surface area contributed by atoms with E-state index in [1.807, 2.05) is 54.7 Å². The number of hydrogen-bond acceptors (Lipinski definition) is 3. The number of fused-ring (bicyclic) bond motifs is 2. The van der Waals surface area contributed by atoms with Gasteiger partial charge in [0, 0.05) is 18.1 Å². The van der Waals surface area contributed by atoms with Crippen molar-refractivity contribution >= 4 is 10.8 Å². The summed E-state index contributed by atoms with van der Waals surface area (Å²) < 4.78 is 12.4. The third kappa shape index (κ3) is 2.22. The van der Waals surface area contributed by atoms with E-state index in [2.05, 4.69) is 0 Å². The second kappa shape index (κ2) is 5.22. The zero-order valence-electron chi connectivity index (χ0n) is 12.0. The van der Waals surface area contributed by atoms with Gasteiger partial charge in [-0.15, -0.1) is 0 Å². The minimum Gasteiger partial charge on any atom is -0.454 e. The molecular weight excluding hydrogens is 278 g/mol. The summed E-state index contributed by atoms with van der Waals surface area (Å²) in [5, 5.41) is 1.74. The summed E-state index contributed by atoms with van der Waals surface area (Å²) in [6, 6.07) is 15.6. The SMILES string of the molecule is O=c1c2ccccc2ccn1CCc1ccc2c(c1)OCO2. The van der Waals surface area contributed by atoms with Gasteiger partial charge in [0.15, 0.2) is 11.5 Å². The molecule has 2 heterocycles. The molecule has 0 unspecified atom stereocenters. The van der Waals surface area contributed by atoms with E-state index < -0.39 is 0 Å². The molecule has 4 nitrogen and oxygen atoms in total. The maximum Gasteiger partial charge on any atom is 0.258 e. The zero-order chi connectivity index (χ0) is 14.9. The van der Waals surface area contributed by atoms with Gasteiger partial charge in [0.25, 0.3) is 5.56 Å². The first-order valence-electron chi connectivity index (χ1n) is 7.28. The number of aromatic nitrogens is 1. The van der Waals surface area contributed by atoms with Gasteiger partial charge in [-0.2, -0.15) is 0 Å². The van der Waals surface area contributed by atoms with Crippen molar-refractivity contribution in [1.29, 1.82) is 0 Å². The Labute approximate surface area is 127 Å². The van der Waals surface area contributed by atoms with Crippen molar-refractivity contribution in [3.05, 3.63) is 70.6 Å². The minimum absolute atomic E-state index is 0.0545. The molecule has 1 aromatic heterocycles. The Balaban J connectivity index is 1.59. The van der Waals surface area contributed by atoms with Crippen molar-refractivity contribution in [2.45, 2.75) is 13.0 Å². The van der Waals surface area contributed by atoms with Crippen molar-refractivity contribution in [3.63, 3.8) is 0 Å². The van der Waals surface area contributed by atoms with E-state index in [4.69, 9.17) is 9.47 Å². The molecule has 3 aromatic rings. The van der Waals surface area contributed by atoms with Crippen LogP contribution in [-0.2, 0) is 13.0 Å². The van der Waals surface area contributed by atoms with Gasteiger partial charge in [0.1, 0.15) is 0 Å². The van der Waals surface area contributed by atoms with Crippen LogP contribution >= 0.6 is 0 Å². The highest BCUT2D eigenvalue weighted by Gasteiger charge is 2.13. The van der Waals surface area contributed by atoms with E-state index in [9.17, 15) is 4.79 Å². The molecule has 0 aliphatic carbocycles. The van der Waals surface area contributed by atoms with Gasteiger partial charge in [-0.3, -0.25) is 4.79 Å². The van der Waals surface area contributed by atoms with Crippen molar-refractivity contribution in [1.82, 2.24) is 4.57 Å². The van der Waals surface area contributed by atoms with Gasteiger partial charge >= 0.3 is 0 Å². The summed E-state index contributed by atoms with van der Waals surface area (Å²) in [6.07, 6.45) is 2.63. The molecule has 0 N–H and O–H groups in total. The van der Waals surface area contributed by atoms with Gasteiger partial charge < -0.3 is 14.0 Å². The summed E-state index contributed by atoms with van der Waals surface area (Å²) in [4.78, 5) is 12.5. The standard InChI is InChI=1S/C18H15NO3/c20-18-15-4-2-1-3-14(15)8-10-19(18)9-7-13-5-6-16-17(11-13)22-12-21-16/h1-6,8,10-11H,7,9,12H2. The van der Waals surface area contributed by atoms with Crippen LogP contribution in [0.4, 0.5) is 0 Å². The summed E-state index contributed by atoms with van der Waals surface area (Å²) in [6.45, 7) is 0.923. The number of hydrogen-bond donors (Lipinski definition) is 0. The molecule has 0 fully saturated rings. The van der Waals surface area contributed by atoms with Crippen LogP contribution < -0.4 is 15.0 Å². The minimum atomic E-state index is 0.0545. The normalized spacial score (nSPS) is 12.7. The first-order chi connectivity index (χ1) is 10.8. The van der Waals surface area contributed by atoms with Crippen LogP contribution in [0, 0.1) is 0 Å². The Hall–Kier alpha value is -2.75. The van der Waals surface area contributed by atoms with E-state index in [1.54, 1.807) is 4.57 Å². The Kier molecular flexibility index (Phi) is 3.07. The lowest BCUT2D eigenvalue weighted by Crippen LogP contribution is -2.20. The third-order valence-electron chi connectivity index (χ3n) is 3.96. The van der Waals surface area contributed by atoms with Crippen molar-refractivity contribution < 1.29 is 9.47 Å². The van der Waals surface area contributed by atoms with E-state index in [1.165, 1.54) is 0 Å². The monoisotopic (exact) mass is 293 g/mol. The lowest BCUT2D eigenvalue weighted by molar-refractivity contribution is 0.174. The molecule has 0 atom stereocenters. The maximum absolute atomic E-state index is 12.5. The molecule has 4 heteroatoms. The lowest BCUT2D eigenvalue weighted by Gasteiger charge is -2.08. The van der Waals surface area contributed by atoms with Gasteiger partial charge in [-0.05, 0) is 41.6 Å². The van der Waals surface area contributed by atoms with Gasteiger partial charge in [0.05, 0.1) is 0 Å². The summed E-state index contributed by atoms with van der Waals surface area (Å²) in [5.74, 6) is 1.56. The third-order valence-corrected chi connectivity index (χ3v) is 3.96. The van der Waals surface area contributed by atoms with E-state index >= 15 is 0 Å². The fourth-order valence-corrected chi connectivity index (χ4v) is 2.75. The smallest absolute Gasteiger partial charge is 0.258 e. The van der Waals surface area contributed by atoms with Crippen LogP contribution in [0.1, 0.15) is 5.56 Å². The number of ether oxygens (including phenoxy) is 2. The van der Waals surface area contributed by atoms with E-state index in [-0.39, 0.29) is 12.4 Å². The largest absolute Gasteiger partial charge is 0.454 e. The molecule has 1 aliphatic heterocycles. The van der Waals surface area contributed by atoms with Gasteiger partial charge in [0.2, 0.25) is 6.79 Å². The first kappa shape index (κ1) is 13.0. The number of rotatable bonds is 3. The van der Waals surface area contributed by atoms with Crippen LogP contribution in [0.15, 0.2) is 59.5 Å². The quantitative estimate of drug-likeness (QED) is 0.745. The molecule has 0 saturated carbocycles. The highest BCUT2D eigenvalue weighted by molar-refractivity contribution is 5.81. The Morgan fingerprint density at radius 3 is 2.82 bits per heavy atom. The molecule has 22 heavy (non-hydrogen) atoms. The molecule has 1 aliphatic rings. The molecule has 0 bridgehead atoms. The number of benzene rings is 2. The van der Waals surface area contributed by atoms with Crippen molar-refractivity contribution in [3.8, 4) is 11.5 Å². The molecule has 110 valence electrons. The fraction of sp³-hybridized carbons (Fsp3) is 0.167. The van der Waals surface area contributed by atoms with E-state index in [0.29, 0.717) is 6.54 Å². The maximum atomic E-state index is 12.5. The first-order valence-corrected chi connectivity index (χ1v) is 7.28. The highest BCUT2D eigenvalue weighted by Crippen LogP contribution is 2.32. The Morgan fingerprint density at radius 2 is 1.86 bits per heavy atom. The van der Waals surface area contributed by atoms with Crippen LogP contribution in [0.2, 0.25) is 0 Å². The van der Waals surface area contributed by atoms with Gasteiger partial charge in [-0.1, -0.05) is 24.3 Å². The number of aryl methyl sites for hydroxylation is 2. The molecular formula is C18H15NO3. The fourth-order valence-electron chi connectivity index (χ4n) is 2.75. The lowest BCUT2D eigenvalue weighted by atomic mass is 10.1. The van der Waals surface area contributed by atoms with Crippen molar-refractivity contribution in [2.75, 3.05) is 6.79 Å². The molecule has 2 aromatic carbocycles.